The van der Waals surface area contributed by atoms with Crippen LogP contribution in [0.15, 0.2) is 23.3 Å². The molecule has 2 rings (SSSR count). The van der Waals surface area contributed by atoms with E-state index in [4.69, 9.17) is 0 Å². The molecule has 0 spiro atoms. The molecule has 0 aliphatic carbocycles. The zero-order chi connectivity index (χ0) is 13.0. The first kappa shape index (κ1) is 12.3. The molecule has 1 aromatic rings. The third-order valence-electron chi connectivity index (χ3n) is 2.91. The summed E-state index contributed by atoms with van der Waals surface area (Å²) in [5, 5.41) is 5.32. The van der Waals surface area contributed by atoms with Crippen molar-refractivity contribution in [3.63, 3.8) is 0 Å². The fourth-order valence-corrected chi connectivity index (χ4v) is 1.91. The van der Waals surface area contributed by atoms with E-state index in [1.807, 2.05) is 0 Å². The smallest absolute Gasteiger partial charge is 0.257 e. The molecule has 1 aliphatic rings. The highest BCUT2D eigenvalue weighted by Gasteiger charge is 2.23. The quantitative estimate of drug-likeness (QED) is 0.676. The Morgan fingerprint density at radius 1 is 1.33 bits per heavy atom. The number of carbonyl (C=O) groups excluding carboxylic acids is 2. The number of pyridine rings is 1. The Balaban J connectivity index is 2.09. The first-order valence-electron chi connectivity index (χ1n) is 5.94. The molecule has 0 bridgehead atoms. The number of H-pyrrole nitrogens is 1. The Labute approximate surface area is 104 Å². The van der Waals surface area contributed by atoms with Gasteiger partial charge in [0.1, 0.15) is 11.6 Å². The van der Waals surface area contributed by atoms with Crippen LogP contribution in [0.2, 0.25) is 0 Å². The standard InChI is InChI=1S/C12H15N3O3/c16-10-4-6-13-7-8(10)11(17)15-9-3-1-2-5-14-12(9)18/h4,6-7,9H,1-3,5H2,(H,13,16)(H,14,18)(H,15,17). The summed E-state index contributed by atoms with van der Waals surface area (Å²) in [6.07, 6.45) is 5.17. The Morgan fingerprint density at radius 2 is 2.17 bits per heavy atom. The predicted octanol–water partition coefficient (Wildman–Crippen LogP) is -0.227. The summed E-state index contributed by atoms with van der Waals surface area (Å²) >= 11 is 0. The summed E-state index contributed by atoms with van der Waals surface area (Å²) in [7, 11) is 0. The van der Waals surface area contributed by atoms with Crippen molar-refractivity contribution in [2.45, 2.75) is 25.3 Å². The van der Waals surface area contributed by atoms with Crippen LogP contribution >= 0.6 is 0 Å². The van der Waals surface area contributed by atoms with Gasteiger partial charge in [0.05, 0.1) is 0 Å². The van der Waals surface area contributed by atoms with E-state index in [0.717, 1.165) is 12.8 Å². The van der Waals surface area contributed by atoms with Crippen molar-refractivity contribution < 1.29 is 9.59 Å². The monoisotopic (exact) mass is 249 g/mol. The number of aromatic nitrogens is 1. The van der Waals surface area contributed by atoms with E-state index in [-0.39, 0.29) is 16.9 Å². The van der Waals surface area contributed by atoms with Crippen LogP contribution in [0.1, 0.15) is 29.6 Å². The van der Waals surface area contributed by atoms with Crippen LogP contribution in [0.5, 0.6) is 0 Å². The lowest BCUT2D eigenvalue weighted by Gasteiger charge is -2.14. The van der Waals surface area contributed by atoms with Gasteiger partial charge >= 0.3 is 0 Å². The van der Waals surface area contributed by atoms with Gasteiger partial charge in [-0.1, -0.05) is 0 Å². The number of nitrogens with one attached hydrogen (secondary N) is 3. The van der Waals surface area contributed by atoms with E-state index in [9.17, 15) is 14.4 Å². The highest BCUT2D eigenvalue weighted by Crippen LogP contribution is 2.05. The second kappa shape index (κ2) is 5.48. The Hall–Kier alpha value is -2.11. The first-order valence-corrected chi connectivity index (χ1v) is 5.94. The molecule has 0 saturated carbocycles. The number of amides is 2. The van der Waals surface area contributed by atoms with E-state index in [2.05, 4.69) is 15.6 Å². The maximum Gasteiger partial charge on any atom is 0.257 e. The lowest BCUT2D eigenvalue weighted by Crippen LogP contribution is -2.46. The molecule has 18 heavy (non-hydrogen) atoms. The van der Waals surface area contributed by atoms with Crippen molar-refractivity contribution >= 4 is 11.8 Å². The van der Waals surface area contributed by atoms with Gasteiger partial charge in [-0.3, -0.25) is 14.4 Å². The fourth-order valence-electron chi connectivity index (χ4n) is 1.91. The van der Waals surface area contributed by atoms with E-state index < -0.39 is 11.9 Å². The second-order valence-electron chi connectivity index (χ2n) is 4.24. The van der Waals surface area contributed by atoms with Gasteiger partial charge in [0.15, 0.2) is 5.43 Å². The number of carbonyl (C=O) groups is 2. The SMILES string of the molecule is O=C(NC1CCCCNC1=O)c1c[nH]ccc1=O. The zero-order valence-electron chi connectivity index (χ0n) is 9.86. The molecule has 1 saturated heterocycles. The molecular formula is C12H15N3O3. The molecular weight excluding hydrogens is 234 g/mol. The largest absolute Gasteiger partial charge is 0.367 e. The molecule has 1 fully saturated rings. The molecule has 6 heteroatoms. The molecule has 6 nitrogen and oxygen atoms in total. The molecule has 2 amide bonds. The topological polar surface area (TPSA) is 91.1 Å². The molecule has 0 aromatic carbocycles. The predicted molar refractivity (Wildman–Crippen MR) is 65.2 cm³/mol. The molecule has 1 aliphatic heterocycles. The minimum atomic E-state index is -0.556. The van der Waals surface area contributed by atoms with Crippen molar-refractivity contribution in [1.29, 1.82) is 0 Å². The number of hydrogen-bond acceptors (Lipinski definition) is 3. The van der Waals surface area contributed by atoms with Crippen molar-refractivity contribution in [2.24, 2.45) is 0 Å². The van der Waals surface area contributed by atoms with Crippen LogP contribution in [0.25, 0.3) is 0 Å². The van der Waals surface area contributed by atoms with Crippen LogP contribution in [-0.2, 0) is 4.79 Å². The third kappa shape index (κ3) is 2.77. The van der Waals surface area contributed by atoms with Gasteiger partial charge in [-0.05, 0) is 19.3 Å². The molecule has 96 valence electrons. The average molecular weight is 249 g/mol. The van der Waals surface area contributed by atoms with Crippen molar-refractivity contribution in [3.05, 3.63) is 34.2 Å². The minimum absolute atomic E-state index is 0.0227. The van der Waals surface area contributed by atoms with Crippen molar-refractivity contribution in [2.75, 3.05) is 6.54 Å². The van der Waals surface area contributed by atoms with Gasteiger partial charge in [-0.2, -0.15) is 0 Å². The van der Waals surface area contributed by atoms with Crippen LogP contribution in [0.3, 0.4) is 0 Å². The molecule has 1 unspecified atom stereocenters. The molecule has 2 heterocycles. The fraction of sp³-hybridized carbons (Fsp3) is 0.417. The molecule has 1 atom stereocenters. The summed E-state index contributed by atoms with van der Waals surface area (Å²) in [6, 6.07) is 0.724. The first-order chi connectivity index (χ1) is 8.68. The van der Waals surface area contributed by atoms with Crippen molar-refractivity contribution in [3.8, 4) is 0 Å². The van der Waals surface area contributed by atoms with Gasteiger partial charge in [0, 0.05) is 25.0 Å². The Kier molecular flexibility index (Phi) is 3.76. The molecule has 0 radical (unpaired) electrons. The van der Waals surface area contributed by atoms with Crippen LogP contribution in [0, 0.1) is 0 Å². The van der Waals surface area contributed by atoms with Crippen LogP contribution in [0.4, 0.5) is 0 Å². The van der Waals surface area contributed by atoms with E-state index in [1.54, 1.807) is 0 Å². The lowest BCUT2D eigenvalue weighted by atomic mass is 10.1. The van der Waals surface area contributed by atoms with Crippen LogP contribution < -0.4 is 16.1 Å². The summed E-state index contributed by atoms with van der Waals surface area (Å²) in [5.74, 6) is -0.702. The lowest BCUT2D eigenvalue weighted by molar-refractivity contribution is -0.122. The van der Waals surface area contributed by atoms with Crippen LogP contribution in [-0.4, -0.2) is 29.4 Å². The number of aromatic amines is 1. The zero-order valence-corrected chi connectivity index (χ0v) is 9.86. The van der Waals surface area contributed by atoms with Gasteiger partial charge < -0.3 is 15.6 Å². The Bertz CT molecular complexity index is 509. The maximum atomic E-state index is 11.9. The van der Waals surface area contributed by atoms with Gasteiger partial charge in [0.2, 0.25) is 5.91 Å². The third-order valence-corrected chi connectivity index (χ3v) is 2.91. The van der Waals surface area contributed by atoms with E-state index in [1.165, 1.54) is 18.5 Å². The van der Waals surface area contributed by atoms with E-state index >= 15 is 0 Å². The summed E-state index contributed by atoms with van der Waals surface area (Å²) in [6.45, 7) is 0.636. The van der Waals surface area contributed by atoms with Gasteiger partial charge in [-0.15, -0.1) is 0 Å². The van der Waals surface area contributed by atoms with Gasteiger partial charge in [-0.25, -0.2) is 0 Å². The number of hydrogen-bond donors (Lipinski definition) is 3. The Morgan fingerprint density at radius 3 is 2.94 bits per heavy atom. The summed E-state index contributed by atoms with van der Waals surface area (Å²) in [4.78, 5) is 37.7. The minimum Gasteiger partial charge on any atom is -0.367 e. The average Bonchev–Trinajstić information content (AvgIpc) is 2.55. The second-order valence-corrected chi connectivity index (χ2v) is 4.24. The summed E-state index contributed by atoms with van der Waals surface area (Å²) in [5.41, 5.74) is -0.338. The van der Waals surface area contributed by atoms with Crippen molar-refractivity contribution in [1.82, 2.24) is 15.6 Å². The highest BCUT2D eigenvalue weighted by molar-refractivity contribution is 5.97. The van der Waals surface area contributed by atoms with Gasteiger partial charge in [0.25, 0.3) is 5.91 Å². The van der Waals surface area contributed by atoms with E-state index in [0.29, 0.717) is 13.0 Å². The normalized spacial score (nSPS) is 19.8. The highest BCUT2D eigenvalue weighted by atomic mass is 16.2. The number of rotatable bonds is 2. The summed E-state index contributed by atoms with van der Waals surface area (Å²) < 4.78 is 0. The maximum absolute atomic E-state index is 11.9. The molecule has 1 aromatic heterocycles. The molecule has 3 N–H and O–H groups in total.